The highest BCUT2D eigenvalue weighted by Gasteiger charge is 2.12. The summed E-state index contributed by atoms with van der Waals surface area (Å²) in [6, 6.07) is 3.10. The normalized spacial score (nSPS) is 10.3. The Balaban J connectivity index is 2.01. The van der Waals surface area contributed by atoms with Gasteiger partial charge in [0.15, 0.2) is 11.5 Å². The first-order valence-electron chi connectivity index (χ1n) is 5.62. The average Bonchev–Trinajstić information content (AvgIpc) is 2.75. The van der Waals surface area contributed by atoms with Crippen molar-refractivity contribution in [3.63, 3.8) is 0 Å². The first-order valence-corrected chi connectivity index (χ1v) is 5.62. The first-order chi connectivity index (χ1) is 9.11. The molecule has 0 fully saturated rings. The Labute approximate surface area is 109 Å². The van der Waals surface area contributed by atoms with Gasteiger partial charge in [-0.05, 0) is 26.0 Å². The van der Waals surface area contributed by atoms with Gasteiger partial charge in [-0.3, -0.25) is 4.79 Å². The van der Waals surface area contributed by atoms with Gasteiger partial charge < -0.3 is 15.3 Å². The summed E-state index contributed by atoms with van der Waals surface area (Å²) in [5.41, 5.74) is 4.17. The summed E-state index contributed by atoms with van der Waals surface area (Å²) in [5, 5.41) is 14.0. The minimum Gasteiger partial charge on any atom is -0.361 e. The number of nitrogens with zero attached hydrogens (tertiary/aromatic N) is 3. The van der Waals surface area contributed by atoms with E-state index in [1.54, 1.807) is 13.0 Å². The highest BCUT2D eigenvalue weighted by molar-refractivity contribution is 5.92. The fourth-order valence-electron chi connectivity index (χ4n) is 1.54. The third-order valence-corrected chi connectivity index (χ3v) is 2.65. The van der Waals surface area contributed by atoms with Crippen molar-refractivity contribution >= 4 is 11.7 Å². The summed E-state index contributed by atoms with van der Waals surface area (Å²) in [6.07, 6.45) is 0. The largest absolute Gasteiger partial charge is 0.361 e. The number of aromatic nitrogens is 3. The molecule has 0 aliphatic rings. The SMILES string of the molecule is Cc1noc(C)c1CNC(=O)c1ccc(NN)nn1. The van der Waals surface area contributed by atoms with E-state index in [9.17, 15) is 4.79 Å². The predicted octanol–water partition coefficient (Wildman–Crippen LogP) is 0.297. The molecule has 8 nitrogen and oxygen atoms in total. The number of anilines is 1. The maximum absolute atomic E-state index is 11.8. The lowest BCUT2D eigenvalue weighted by Crippen LogP contribution is -2.24. The molecule has 0 unspecified atom stereocenters. The number of aryl methyl sites for hydroxylation is 2. The molecule has 0 spiro atoms. The quantitative estimate of drug-likeness (QED) is 0.535. The van der Waals surface area contributed by atoms with Crippen LogP contribution in [0.5, 0.6) is 0 Å². The number of carbonyl (C=O) groups excluding carboxylic acids is 1. The Hall–Kier alpha value is -2.48. The van der Waals surface area contributed by atoms with Crippen molar-refractivity contribution in [1.82, 2.24) is 20.7 Å². The number of hydrogen-bond acceptors (Lipinski definition) is 7. The molecule has 0 radical (unpaired) electrons. The molecule has 4 N–H and O–H groups in total. The third-order valence-electron chi connectivity index (χ3n) is 2.65. The maximum Gasteiger partial charge on any atom is 0.272 e. The van der Waals surface area contributed by atoms with E-state index in [1.807, 2.05) is 6.92 Å². The molecule has 0 aliphatic heterocycles. The lowest BCUT2D eigenvalue weighted by Gasteiger charge is -2.04. The predicted molar refractivity (Wildman–Crippen MR) is 67.0 cm³/mol. The molecule has 0 atom stereocenters. The summed E-state index contributed by atoms with van der Waals surface area (Å²) in [6.45, 7) is 3.95. The monoisotopic (exact) mass is 262 g/mol. The van der Waals surface area contributed by atoms with E-state index < -0.39 is 0 Å². The van der Waals surface area contributed by atoms with Crippen molar-refractivity contribution in [2.45, 2.75) is 20.4 Å². The lowest BCUT2D eigenvalue weighted by molar-refractivity contribution is 0.0945. The van der Waals surface area contributed by atoms with Gasteiger partial charge in [0.2, 0.25) is 0 Å². The molecule has 2 aromatic rings. The van der Waals surface area contributed by atoms with Crippen molar-refractivity contribution < 1.29 is 9.32 Å². The lowest BCUT2D eigenvalue weighted by atomic mass is 10.2. The van der Waals surface area contributed by atoms with E-state index in [0.717, 1.165) is 11.3 Å². The summed E-state index contributed by atoms with van der Waals surface area (Å²) >= 11 is 0. The zero-order valence-corrected chi connectivity index (χ0v) is 10.6. The second-order valence-electron chi connectivity index (χ2n) is 3.93. The van der Waals surface area contributed by atoms with Crippen LogP contribution in [0.4, 0.5) is 5.82 Å². The van der Waals surface area contributed by atoms with Crippen molar-refractivity contribution in [3.8, 4) is 0 Å². The molecule has 1 amide bonds. The van der Waals surface area contributed by atoms with Crippen LogP contribution in [0.15, 0.2) is 16.7 Å². The summed E-state index contributed by atoms with van der Waals surface area (Å²) < 4.78 is 5.01. The molecule has 2 heterocycles. The smallest absolute Gasteiger partial charge is 0.272 e. The van der Waals surface area contributed by atoms with Crippen molar-refractivity contribution in [2.75, 3.05) is 5.43 Å². The van der Waals surface area contributed by atoms with E-state index in [2.05, 4.69) is 26.1 Å². The molecule has 0 aliphatic carbocycles. The van der Waals surface area contributed by atoms with Gasteiger partial charge in [0, 0.05) is 12.1 Å². The number of carbonyl (C=O) groups is 1. The van der Waals surface area contributed by atoms with Gasteiger partial charge in [0.1, 0.15) is 5.76 Å². The maximum atomic E-state index is 11.8. The van der Waals surface area contributed by atoms with Crippen LogP contribution >= 0.6 is 0 Å². The van der Waals surface area contributed by atoms with Crippen LogP contribution in [0, 0.1) is 13.8 Å². The molecule has 0 saturated carbocycles. The van der Waals surface area contributed by atoms with Crippen molar-refractivity contribution in [3.05, 3.63) is 34.8 Å². The summed E-state index contributed by atoms with van der Waals surface area (Å²) in [7, 11) is 0. The fourth-order valence-corrected chi connectivity index (χ4v) is 1.54. The molecule has 19 heavy (non-hydrogen) atoms. The Morgan fingerprint density at radius 2 is 2.16 bits per heavy atom. The van der Waals surface area contributed by atoms with Gasteiger partial charge in [-0.15, -0.1) is 10.2 Å². The van der Waals surface area contributed by atoms with E-state index in [1.165, 1.54) is 6.07 Å². The topological polar surface area (TPSA) is 119 Å². The highest BCUT2D eigenvalue weighted by atomic mass is 16.5. The van der Waals surface area contributed by atoms with Gasteiger partial charge in [-0.2, -0.15) is 0 Å². The zero-order chi connectivity index (χ0) is 13.8. The van der Waals surface area contributed by atoms with Gasteiger partial charge in [-0.25, -0.2) is 5.84 Å². The molecule has 0 saturated heterocycles. The van der Waals surface area contributed by atoms with E-state index in [4.69, 9.17) is 10.4 Å². The van der Waals surface area contributed by atoms with Crippen LogP contribution in [0.25, 0.3) is 0 Å². The molecular weight excluding hydrogens is 248 g/mol. The van der Waals surface area contributed by atoms with Crippen LogP contribution in [0.1, 0.15) is 27.5 Å². The molecular formula is C11H14N6O2. The van der Waals surface area contributed by atoms with E-state index >= 15 is 0 Å². The standard InChI is InChI=1S/C11H14N6O2/c1-6-8(7(2)19-17-6)5-13-11(18)9-3-4-10(14-12)16-15-9/h3-4H,5,12H2,1-2H3,(H,13,18)(H,14,16). The number of nitrogens with one attached hydrogen (secondary N) is 2. The van der Waals surface area contributed by atoms with Gasteiger partial charge in [0.05, 0.1) is 5.69 Å². The van der Waals surface area contributed by atoms with Gasteiger partial charge in [-0.1, -0.05) is 5.16 Å². The summed E-state index contributed by atoms with van der Waals surface area (Å²) in [5.74, 6) is 5.92. The van der Waals surface area contributed by atoms with E-state index in [-0.39, 0.29) is 11.6 Å². The van der Waals surface area contributed by atoms with Crippen LogP contribution < -0.4 is 16.6 Å². The Morgan fingerprint density at radius 3 is 2.68 bits per heavy atom. The second-order valence-corrected chi connectivity index (χ2v) is 3.93. The first kappa shape index (κ1) is 13.0. The number of hydrogen-bond donors (Lipinski definition) is 3. The molecule has 2 rings (SSSR count). The second kappa shape index (κ2) is 5.44. The summed E-state index contributed by atoms with van der Waals surface area (Å²) in [4.78, 5) is 11.8. The number of nitrogen functional groups attached to an aromatic ring is 1. The average molecular weight is 262 g/mol. The van der Waals surface area contributed by atoms with Crippen LogP contribution in [-0.2, 0) is 6.54 Å². The number of nitrogens with two attached hydrogens (primary N) is 1. The van der Waals surface area contributed by atoms with Crippen LogP contribution in [-0.4, -0.2) is 21.3 Å². The van der Waals surface area contributed by atoms with Crippen molar-refractivity contribution in [1.29, 1.82) is 0 Å². The van der Waals surface area contributed by atoms with E-state index in [0.29, 0.717) is 18.1 Å². The minimum absolute atomic E-state index is 0.214. The molecule has 0 aromatic carbocycles. The highest BCUT2D eigenvalue weighted by Crippen LogP contribution is 2.11. The number of hydrazine groups is 1. The van der Waals surface area contributed by atoms with Gasteiger partial charge in [0.25, 0.3) is 5.91 Å². The van der Waals surface area contributed by atoms with Crippen LogP contribution in [0.2, 0.25) is 0 Å². The number of rotatable bonds is 4. The fraction of sp³-hybridized carbons (Fsp3) is 0.273. The Kier molecular flexibility index (Phi) is 3.71. The minimum atomic E-state index is -0.323. The third kappa shape index (κ3) is 2.86. The molecule has 100 valence electrons. The van der Waals surface area contributed by atoms with Crippen LogP contribution in [0.3, 0.4) is 0 Å². The Morgan fingerprint density at radius 1 is 1.37 bits per heavy atom. The zero-order valence-electron chi connectivity index (χ0n) is 10.6. The Bertz CT molecular complexity index is 558. The molecule has 8 heteroatoms. The van der Waals surface area contributed by atoms with Gasteiger partial charge >= 0.3 is 0 Å². The number of amides is 1. The molecule has 2 aromatic heterocycles. The molecule has 0 bridgehead atoms. The van der Waals surface area contributed by atoms with Crippen molar-refractivity contribution in [2.24, 2.45) is 5.84 Å².